The third-order valence-electron chi connectivity index (χ3n) is 6.04. The number of carbonyl (C=O) groups is 2. The van der Waals surface area contributed by atoms with Gasteiger partial charge in [0, 0.05) is 31.0 Å². The number of carbonyl (C=O) groups excluding carboxylic acids is 2. The van der Waals surface area contributed by atoms with Crippen molar-refractivity contribution in [1.82, 2.24) is 15.2 Å². The van der Waals surface area contributed by atoms with Gasteiger partial charge in [-0.05, 0) is 32.9 Å². The largest absolute Gasteiger partial charge is 0.441 e. The topological polar surface area (TPSA) is 103 Å². The summed E-state index contributed by atoms with van der Waals surface area (Å²) in [6.07, 6.45) is 0.619. The zero-order valence-corrected chi connectivity index (χ0v) is 19.4. The number of morpholine rings is 1. The molecule has 0 spiro atoms. The minimum absolute atomic E-state index is 0.0375. The maximum absolute atomic E-state index is 12.6. The molecule has 1 N–H and O–H groups in total. The van der Waals surface area contributed by atoms with E-state index in [4.69, 9.17) is 18.6 Å². The van der Waals surface area contributed by atoms with Crippen LogP contribution in [0.1, 0.15) is 23.9 Å². The molecule has 9 heteroatoms. The smallest absolute Gasteiger partial charge is 0.280 e. The average molecular weight is 458 g/mol. The lowest BCUT2D eigenvalue weighted by atomic mass is 10.0. The number of amides is 2. The Morgan fingerprint density at radius 3 is 2.45 bits per heavy atom. The molecule has 2 amide bonds. The van der Waals surface area contributed by atoms with Crippen molar-refractivity contribution in [3.05, 3.63) is 41.3 Å². The van der Waals surface area contributed by atoms with Gasteiger partial charge in [0.2, 0.25) is 17.6 Å². The molecule has 0 aliphatic carbocycles. The number of aryl methyl sites for hydroxylation is 2. The van der Waals surface area contributed by atoms with Gasteiger partial charge in [-0.1, -0.05) is 17.7 Å². The predicted molar refractivity (Wildman–Crippen MR) is 119 cm³/mol. The lowest BCUT2D eigenvalue weighted by molar-refractivity contribution is -0.259. The molecule has 1 aromatic heterocycles. The van der Waals surface area contributed by atoms with Gasteiger partial charge < -0.3 is 28.8 Å². The highest BCUT2D eigenvalue weighted by molar-refractivity contribution is 5.88. The third-order valence-corrected chi connectivity index (χ3v) is 6.04. The van der Waals surface area contributed by atoms with E-state index < -0.39 is 11.7 Å². The summed E-state index contributed by atoms with van der Waals surface area (Å²) >= 11 is 0. The monoisotopic (exact) mass is 457 g/mol. The highest BCUT2D eigenvalue weighted by Crippen LogP contribution is 2.27. The molecule has 2 fully saturated rings. The van der Waals surface area contributed by atoms with Crippen LogP contribution in [-0.2, 0) is 30.2 Å². The Kier molecular flexibility index (Phi) is 7.11. The number of benzene rings is 1. The van der Waals surface area contributed by atoms with Crippen molar-refractivity contribution in [1.29, 1.82) is 0 Å². The SMILES string of the molecule is Cc1ccc(-c2nc(CC3COC(C)(C(=O)NCC(=O)N4CCOCC4)OC3)c(C)o2)cc1. The molecule has 2 saturated heterocycles. The Labute approximate surface area is 193 Å². The highest BCUT2D eigenvalue weighted by atomic mass is 16.7. The van der Waals surface area contributed by atoms with E-state index in [1.54, 1.807) is 11.8 Å². The van der Waals surface area contributed by atoms with Crippen LogP contribution in [0.5, 0.6) is 0 Å². The van der Waals surface area contributed by atoms with Gasteiger partial charge in [0.25, 0.3) is 5.91 Å². The zero-order valence-electron chi connectivity index (χ0n) is 19.4. The van der Waals surface area contributed by atoms with Gasteiger partial charge in [0.1, 0.15) is 5.76 Å². The summed E-state index contributed by atoms with van der Waals surface area (Å²) in [7, 11) is 0. The third kappa shape index (κ3) is 5.61. The number of ether oxygens (including phenoxy) is 3. The van der Waals surface area contributed by atoms with E-state index in [0.29, 0.717) is 51.8 Å². The van der Waals surface area contributed by atoms with Crippen molar-refractivity contribution in [2.45, 2.75) is 33.0 Å². The normalized spacial score (nSPS) is 23.4. The Morgan fingerprint density at radius 2 is 1.79 bits per heavy atom. The number of oxazole rings is 1. The molecular weight excluding hydrogens is 426 g/mol. The maximum atomic E-state index is 12.6. The van der Waals surface area contributed by atoms with E-state index >= 15 is 0 Å². The van der Waals surface area contributed by atoms with Crippen molar-refractivity contribution in [3.8, 4) is 11.5 Å². The summed E-state index contributed by atoms with van der Waals surface area (Å²) in [5.74, 6) is -0.631. The molecule has 0 atom stereocenters. The van der Waals surface area contributed by atoms with Gasteiger partial charge in [-0.2, -0.15) is 0 Å². The van der Waals surface area contributed by atoms with Crippen molar-refractivity contribution < 1.29 is 28.2 Å². The first-order valence-electron chi connectivity index (χ1n) is 11.3. The van der Waals surface area contributed by atoms with E-state index in [2.05, 4.69) is 10.3 Å². The van der Waals surface area contributed by atoms with Gasteiger partial charge in [-0.15, -0.1) is 0 Å². The number of hydrogen-bond acceptors (Lipinski definition) is 7. The molecule has 2 aromatic rings. The second-order valence-corrected chi connectivity index (χ2v) is 8.70. The zero-order chi connectivity index (χ0) is 23.4. The molecule has 2 aliphatic heterocycles. The van der Waals surface area contributed by atoms with Crippen LogP contribution in [-0.4, -0.2) is 73.5 Å². The van der Waals surface area contributed by atoms with Crippen LogP contribution < -0.4 is 5.32 Å². The average Bonchev–Trinajstić information content (AvgIpc) is 3.19. The van der Waals surface area contributed by atoms with Gasteiger partial charge in [-0.3, -0.25) is 9.59 Å². The first-order chi connectivity index (χ1) is 15.8. The van der Waals surface area contributed by atoms with Crippen LogP contribution in [0.3, 0.4) is 0 Å². The Balaban J connectivity index is 1.28. The molecule has 0 bridgehead atoms. The number of nitrogens with one attached hydrogen (secondary N) is 1. The maximum Gasteiger partial charge on any atom is 0.280 e. The van der Waals surface area contributed by atoms with Crippen molar-refractivity contribution in [2.24, 2.45) is 5.92 Å². The summed E-state index contributed by atoms with van der Waals surface area (Å²) in [6, 6.07) is 8.03. The van der Waals surface area contributed by atoms with Crippen LogP contribution in [0.2, 0.25) is 0 Å². The Bertz CT molecular complexity index is 973. The van der Waals surface area contributed by atoms with Gasteiger partial charge in [-0.25, -0.2) is 4.98 Å². The summed E-state index contributed by atoms with van der Waals surface area (Å²) in [5.41, 5.74) is 2.96. The van der Waals surface area contributed by atoms with Crippen LogP contribution in [0.25, 0.3) is 11.5 Å². The van der Waals surface area contributed by atoms with Crippen LogP contribution >= 0.6 is 0 Å². The molecule has 0 saturated carbocycles. The van der Waals surface area contributed by atoms with E-state index in [0.717, 1.165) is 17.0 Å². The second kappa shape index (κ2) is 10.0. The highest BCUT2D eigenvalue weighted by Gasteiger charge is 2.41. The molecule has 0 unspecified atom stereocenters. The number of nitrogens with zero attached hydrogens (tertiary/aromatic N) is 2. The molecule has 9 nitrogen and oxygen atoms in total. The fraction of sp³-hybridized carbons (Fsp3) is 0.542. The van der Waals surface area contributed by atoms with Crippen LogP contribution in [0.15, 0.2) is 28.7 Å². The summed E-state index contributed by atoms with van der Waals surface area (Å²) in [4.78, 5) is 31.2. The van der Waals surface area contributed by atoms with E-state index in [-0.39, 0.29) is 18.4 Å². The van der Waals surface area contributed by atoms with E-state index in [1.165, 1.54) is 5.56 Å². The van der Waals surface area contributed by atoms with E-state index in [1.807, 2.05) is 38.1 Å². The molecule has 3 heterocycles. The molecule has 33 heavy (non-hydrogen) atoms. The lowest BCUT2D eigenvalue weighted by Crippen LogP contribution is -2.55. The first-order valence-corrected chi connectivity index (χ1v) is 11.3. The van der Waals surface area contributed by atoms with Crippen molar-refractivity contribution >= 4 is 11.8 Å². The van der Waals surface area contributed by atoms with Crippen molar-refractivity contribution in [3.63, 3.8) is 0 Å². The molecule has 4 rings (SSSR count). The quantitative estimate of drug-likeness (QED) is 0.706. The minimum atomic E-state index is -1.42. The minimum Gasteiger partial charge on any atom is -0.441 e. The second-order valence-electron chi connectivity index (χ2n) is 8.70. The van der Waals surface area contributed by atoms with Gasteiger partial charge in [0.05, 0.1) is 38.7 Å². The molecule has 1 aromatic carbocycles. The van der Waals surface area contributed by atoms with Gasteiger partial charge in [0.15, 0.2) is 0 Å². The van der Waals surface area contributed by atoms with Crippen molar-refractivity contribution in [2.75, 3.05) is 46.1 Å². The van der Waals surface area contributed by atoms with Crippen LogP contribution in [0, 0.1) is 19.8 Å². The van der Waals surface area contributed by atoms with Crippen LogP contribution in [0.4, 0.5) is 0 Å². The Morgan fingerprint density at radius 1 is 1.12 bits per heavy atom. The summed E-state index contributed by atoms with van der Waals surface area (Å²) in [6.45, 7) is 8.20. The standard InChI is InChI=1S/C24H31N3O6/c1-16-4-6-19(7-5-16)22-26-20(17(2)33-22)12-18-14-31-24(3,32-15-18)23(29)25-13-21(28)27-8-10-30-11-9-27/h4-7,18H,8-15H2,1-3H3,(H,25,29). The van der Waals surface area contributed by atoms with Gasteiger partial charge >= 0.3 is 0 Å². The molecular formula is C24H31N3O6. The number of aromatic nitrogens is 1. The fourth-order valence-corrected chi connectivity index (χ4v) is 3.84. The number of hydrogen-bond donors (Lipinski definition) is 1. The first kappa shape index (κ1) is 23.4. The predicted octanol–water partition coefficient (Wildman–Crippen LogP) is 1.86. The number of rotatable bonds is 6. The molecule has 2 aliphatic rings. The Hall–Kier alpha value is -2.75. The molecule has 178 valence electrons. The van der Waals surface area contributed by atoms with E-state index in [9.17, 15) is 9.59 Å². The fourth-order valence-electron chi connectivity index (χ4n) is 3.84. The summed E-state index contributed by atoms with van der Waals surface area (Å²) in [5, 5.41) is 2.64. The molecule has 0 radical (unpaired) electrons. The lowest BCUT2D eigenvalue weighted by Gasteiger charge is -2.36. The summed E-state index contributed by atoms with van der Waals surface area (Å²) < 4.78 is 22.7.